The third-order valence-electron chi connectivity index (χ3n) is 3.71. The van der Waals surface area contributed by atoms with E-state index in [0.717, 1.165) is 25.7 Å². The number of hydrogen-bond donors (Lipinski definition) is 1. The molecule has 0 bridgehead atoms. The van der Waals surface area contributed by atoms with Crippen molar-refractivity contribution >= 4 is 11.6 Å². The molecule has 6 heteroatoms. The highest BCUT2D eigenvalue weighted by Crippen LogP contribution is 2.34. The normalized spacial score (nSPS) is 16.4. The van der Waals surface area contributed by atoms with Crippen LogP contribution in [0.3, 0.4) is 0 Å². The summed E-state index contributed by atoms with van der Waals surface area (Å²) in [4.78, 5) is 28.8. The first-order valence-electron chi connectivity index (χ1n) is 6.68. The van der Waals surface area contributed by atoms with Gasteiger partial charge in [0, 0.05) is 13.1 Å². The number of nitrogens with one attached hydrogen (secondary N) is 1. The van der Waals surface area contributed by atoms with E-state index in [-0.39, 0.29) is 16.6 Å². The van der Waals surface area contributed by atoms with Crippen molar-refractivity contribution in [1.29, 1.82) is 0 Å². The summed E-state index contributed by atoms with van der Waals surface area (Å²) in [6, 6.07) is 0. The lowest BCUT2D eigenvalue weighted by atomic mass is 10.0. The van der Waals surface area contributed by atoms with Crippen molar-refractivity contribution in [2.45, 2.75) is 38.1 Å². The van der Waals surface area contributed by atoms with Crippen molar-refractivity contribution < 1.29 is 0 Å². The van der Waals surface area contributed by atoms with Gasteiger partial charge >= 0.3 is 5.69 Å². The SMILES string of the molecule is CN(C)CCn1c(=O)[nH]c(Cl)c(C2CCCC2)c1=O. The van der Waals surface area contributed by atoms with Gasteiger partial charge in [-0.2, -0.15) is 0 Å². The van der Waals surface area contributed by atoms with E-state index in [1.165, 1.54) is 4.57 Å². The monoisotopic (exact) mass is 285 g/mol. The second-order valence-corrected chi connectivity index (χ2v) is 5.78. The summed E-state index contributed by atoms with van der Waals surface area (Å²) >= 11 is 6.07. The van der Waals surface area contributed by atoms with E-state index in [4.69, 9.17) is 11.6 Å². The number of nitrogens with zero attached hydrogens (tertiary/aromatic N) is 2. The first-order chi connectivity index (χ1) is 9.00. The van der Waals surface area contributed by atoms with Gasteiger partial charge in [-0.1, -0.05) is 24.4 Å². The van der Waals surface area contributed by atoms with Crippen LogP contribution < -0.4 is 11.2 Å². The molecule has 1 fully saturated rings. The van der Waals surface area contributed by atoms with Crippen LogP contribution in [0.2, 0.25) is 5.15 Å². The summed E-state index contributed by atoms with van der Waals surface area (Å²) in [5.74, 6) is 0.197. The zero-order valence-electron chi connectivity index (χ0n) is 11.4. The average molecular weight is 286 g/mol. The van der Waals surface area contributed by atoms with Crippen molar-refractivity contribution in [1.82, 2.24) is 14.5 Å². The highest BCUT2D eigenvalue weighted by molar-refractivity contribution is 6.30. The number of halogens is 1. The Bertz CT molecular complexity index is 556. The summed E-state index contributed by atoms with van der Waals surface area (Å²) in [5, 5.41) is 0.225. The number of aromatic amines is 1. The average Bonchev–Trinajstić information content (AvgIpc) is 2.81. The zero-order chi connectivity index (χ0) is 14.0. The minimum atomic E-state index is -0.418. The van der Waals surface area contributed by atoms with Crippen LogP contribution in [0.25, 0.3) is 0 Å². The fourth-order valence-corrected chi connectivity index (χ4v) is 2.95. The van der Waals surface area contributed by atoms with E-state index in [9.17, 15) is 9.59 Å². The summed E-state index contributed by atoms with van der Waals surface area (Å²) in [6.07, 6.45) is 4.21. The summed E-state index contributed by atoms with van der Waals surface area (Å²) in [5.41, 5.74) is -0.0429. The van der Waals surface area contributed by atoms with Crippen molar-refractivity contribution in [3.05, 3.63) is 31.6 Å². The summed E-state index contributed by atoms with van der Waals surface area (Å²) in [6.45, 7) is 1.03. The predicted octanol–water partition coefficient (Wildman–Crippen LogP) is 1.41. The van der Waals surface area contributed by atoms with Crippen LogP contribution in [-0.4, -0.2) is 35.1 Å². The lowest BCUT2D eigenvalue weighted by molar-refractivity contribution is 0.375. The van der Waals surface area contributed by atoms with Gasteiger partial charge in [-0.15, -0.1) is 0 Å². The Kier molecular flexibility index (Phi) is 4.47. The molecule has 1 aliphatic carbocycles. The minimum absolute atomic E-state index is 0.197. The van der Waals surface area contributed by atoms with E-state index < -0.39 is 5.69 Å². The second-order valence-electron chi connectivity index (χ2n) is 5.40. The van der Waals surface area contributed by atoms with Crippen molar-refractivity contribution in [2.75, 3.05) is 20.6 Å². The molecule has 0 unspecified atom stereocenters. The molecule has 1 N–H and O–H groups in total. The molecule has 1 aromatic heterocycles. The summed E-state index contributed by atoms with van der Waals surface area (Å²) in [7, 11) is 3.82. The van der Waals surface area contributed by atoms with Gasteiger partial charge in [-0.05, 0) is 32.9 Å². The highest BCUT2D eigenvalue weighted by Gasteiger charge is 2.24. The predicted molar refractivity (Wildman–Crippen MR) is 76.1 cm³/mol. The van der Waals surface area contributed by atoms with E-state index >= 15 is 0 Å². The van der Waals surface area contributed by atoms with Crippen LogP contribution in [-0.2, 0) is 6.54 Å². The molecule has 1 aliphatic rings. The molecule has 0 amide bonds. The van der Waals surface area contributed by atoms with Gasteiger partial charge in [-0.3, -0.25) is 14.3 Å². The molecule has 0 aromatic carbocycles. The molecule has 2 rings (SSSR count). The maximum atomic E-state index is 12.5. The van der Waals surface area contributed by atoms with Gasteiger partial charge < -0.3 is 4.90 Å². The molecule has 19 heavy (non-hydrogen) atoms. The van der Waals surface area contributed by atoms with Crippen LogP contribution in [0, 0.1) is 0 Å². The largest absolute Gasteiger partial charge is 0.329 e. The molecule has 0 radical (unpaired) electrons. The Balaban J connectivity index is 2.41. The number of aromatic nitrogens is 2. The van der Waals surface area contributed by atoms with Crippen LogP contribution in [0.1, 0.15) is 37.2 Å². The lowest BCUT2D eigenvalue weighted by Crippen LogP contribution is -2.40. The molecule has 1 aromatic rings. The first-order valence-corrected chi connectivity index (χ1v) is 7.05. The van der Waals surface area contributed by atoms with Gasteiger partial charge in [0.2, 0.25) is 0 Å². The lowest BCUT2D eigenvalue weighted by Gasteiger charge is -2.15. The Hall–Kier alpha value is -1.07. The number of hydrogen-bond acceptors (Lipinski definition) is 3. The third kappa shape index (κ3) is 3.09. The Morgan fingerprint density at radius 2 is 1.95 bits per heavy atom. The maximum absolute atomic E-state index is 12.5. The number of rotatable bonds is 4. The van der Waals surface area contributed by atoms with Gasteiger partial charge in [-0.25, -0.2) is 4.79 Å². The molecule has 1 saturated carbocycles. The van der Waals surface area contributed by atoms with Gasteiger partial charge in [0.25, 0.3) is 5.56 Å². The van der Waals surface area contributed by atoms with Crippen LogP contribution in [0.15, 0.2) is 9.59 Å². The van der Waals surface area contributed by atoms with Crippen LogP contribution in [0.4, 0.5) is 0 Å². The van der Waals surface area contributed by atoms with Crippen molar-refractivity contribution in [3.8, 4) is 0 Å². The smallest absolute Gasteiger partial charge is 0.308 e. The number of H-pyrrole nitrogens is 1. The Morgan fingerprint density at radius 1 is 1.32 bits per heavy atom. The fourth-order valence-electron chi connectivity index (χ4n) is 2.63. The zero-order valence-corrected chi connectivity index (χ0v) is 12.2. The molecule has 0 aliphatic heterocycles. The highest BCUT2D eigenvalue weighted by atomic mass is 35.5. The molecule has 0 atom stereocenters. The standard InChI is InChI=1S/C13H20ClN3O2/c1-16(2)7-8-17-12(18)10(9-5-3-4-6-9)11(14)15-13(17)19/h9H,3-8H2,1-2H3,(H,15,19). The van der Waals surface area contributed by atoms with Crippen molar-refractivity contribution in [2.24, 2.45) is 0 Å². The minimum Gasteiger partial charge on any atom is -0.308 e. The van der Waals surface area contributed by atoms with Gasteiger partial charge in [0.05, 0.1) is 5.56 Å². The molecule has 0 saturated heterocycles. The van der Waals surface area contributed by atoms with Crippen molar-refractivity contribution in [3.63, 3.8) is 0 Å². The van der Waals surface area contributed by atoms with E-state index in [1.54, 1.807) is 0 Å². The van der Waals surface area contributed by atoms with Gasteiger partial charge in [0.15, 0.2) is 0 Å². The Labute approximate surface area is 117 Å². The molecule has 1 heterocycles. The molecule has 5 nitrogen and oxygen atoms in total. The quantitative estimate of drug-likeness (QED) is 0.851. The van der Waals surface area contributed by atoms with E-state index in [1.807, 2.05) is 19.0 Å². The van der Waals surface area contributed by atoms with E-state index in [0.29, 0.717) is 18.7 Å². The van der Waals surface area contributed by atoms with E-state index in [2.05, 4.69) is 4.98 Å². The molecular formula is C13H20ClN3O2. The van der Waals surface area contributed by atoms with Crippen LogP contribution in [0.5, 0.6) is 0 Å². The topological polar surface area (TPSA) is 58.1 Å². The summed E-state index contributed by atoms with van der Waals surface area (Å²) < 4.78 is 1.26. The number of likely N-dealkylation sites (N-methyl/N-ethyl adjacent to an activating group) is 1. The van der Waals surface area contributed by atoms with Crippen LogP contribution >= 0.6 is 11.6 Å². The third-order valence-corrected chi connectivity index (χ3v) is 4.01. The fraction of sp³-hybridized carbons (Fsp3) is 0.692. The molecule has 0 spiro atoms. The molecule has 106 valence electrons. The maximum Gasteiger partial charge on any atom is 0.329 e. The Morgan fingerprint density at radius 3 is 2.53 bits per heavy atom. The molecular weight excluding hydrogens is 266 g/mol. The first kappa shape index (κ1) is 14.3. The van der Waals surface area contributed by atoms with Gasteiger partial charge in [0.1, 0.15) is 5.15 Å². The second kappa shape index (κ2) is 5.92.